The van der Waals surface area contributed by atoms with Gasteiger partial charge in [0, 0.05) is 20.0 Å². The van der Waals surface area contributed by atoms with Gasteiger partial charge in [-0.15, -0.1) is 0 Å². The van der Waals surface area contributed by atoms with Crippen LogP contribution < -0.4 is 26.4 Å². The Morgan fingerprint density at radius 1 is 0.939 bits per heavy atom. The molecule has 14 heteroatoms. The van der Waals surface area contributed by atoms with Crippen molar-refractivity contribution in [2.24, 2.45) is 11.7 Å². The molecular formula is C35H48N6O8. The molecule has 1 heterocycles. The van der Waals surface area contributed by atoms with Crippen LogP contribution in [-0.2, 0) is 41.7 Å². The van der Waals surface area contributed by atoms with Crippen LogP contribution in [0.25, 0.3) is 0 Å². The highest BCUT2D eigenvalue weighted by atomic mass is 16.5. The number of carbonyl (C=O) groups excluding carboxylic acids is 6. The molecule has 0 aromatic heterocycles. The van der Waals surface area contributed by atoms with Gasteiger partial charge in [0.2, 0.25) is 29.5 Å². The van der Waals surface area contributed by atoms with E-state index in [2.05, 4.69) is 16.0 Å². The maximum absolute atomic E-state index is 14.0. The van der Waals surface area contributed by atoms with Gasteiger partial charge in [0.05, 0.1) is 13.7 Å². The van der Waals surface area contributed by atoms with E-state index in [0.29, 0.717) is 25.0 Å². The molecule has 14 nitrogen and oxygen atoms in total. The Hall–Kier alpha value is -5.14. The first-order valence-electron chi connectivity index (χ1n) is 16.3. The summed E-state index contributed by atoms with van der Waals surface area (Å²) in [7, 11) is 3.02. The van der Waals surface area contributed by atoms with Crippen LogP contribution >= 0.6 is 0 Å². The Kier molecular flexibility index (Phi) is 14.4. The van der Waals surface area contributed by atoms with E-state index < -0.39 is 66.3 Å². The Bertz CT molecular complexity index is 1450. The number of nitrogens with one attached hydrogen (secondary N) is 3. The van der Waals surface area contributed by atoms with E-state index >= 15 is 0 Å². The van der Waals surface area contributed by atoms with E-state index in [-0.39, 0.29) is 25.5 Å². The standard InChI is InChI=1S/C35H48N6O8/c1-22(2)18-27(39-31(43)23(3)38-35(47)49-21-25-10-7-6-8-11-25)33(45)41-17-9-12-28(41)34(46)40(4)29(32(44)37-20-30(36)42)19-24-13-15-26(48-5)16-14-24/h6-8,10-11,13-16,22-23,27-29H,9,12,17-21H2,1-5H3,(H2,36,42)(H,37,44)(H,38,47)(H,39,43)/t23-,27+,28+,29+/m1/s1. The van der Waals surface area contributed by atoms with E-state index in [1.54, 1.807) is 36.4 Å². The summed E-state index contributed by atoms with van der Waals surface area (Å²) in [6.07, 6.45) is 0.540. The van der Waals surface area contributed by atoms with Gasteiger partial charge in [-0.25, -0.2) is 4.79 Å². The molecular weight excluding hydrogens is 632 g/mol. The monoisotopic (exact) mass is 680 g/mol. The number of nitrogens with zero attached hydrogens (tertiary/aromatic N) is 2. The van der Waals surface area contributed by atoms with Crippen molar-refractivity contribution < 1.29 is 38.2 Å². The number of rotatable bonds is 16. The third-order valence-corrected chi connectivity index (χ3v) is 8.23. The van der Waals surface area contributed by atoms with Crippen LogP contribution in [0.3, 0.4) is 0 Å². The van der Waals surface area contributed by atoms with Crippen molar-refractivity contribution in [2.45, 2.75) is 77.2 Å². The average Bonchev–Trinajstić information content (AvgIpc) is 3.58. The first kappa shape index (κ1) is 38.3. The second kappa shape index (κ2) is 18.4. The molecule has 5 N–H and O–H groups in total. The van der Waals surface area contributed by atoms with Crippen LogP contribution in [0.4, 0.5) is 4.79 Å². The quantitative estimate of drug-likeness (QED) is 0.205. The summed E-state index contributed by atoms with van der Waals surface area (Å²) in [5.41, 5.74) is 6.77. The summed E-state index contributed by atoms with van der Waals surface area (Å²) in [6.45, 7) is 5.21. The van der Waals surface area contributed by atoms with E-state index in [1.165, 1.54) is 30.9 Å². The number of methoxy groups -OCH3 is 1. The molecule has 1 saturated heterocycles. The highest BCUT2D eigenvalue weighted by Gasteiger charge is 2.41. The molecule has 0 radical (unpaired) electrons. The number of primary amides is 1. The van der Waals surface area contributed by atoms with E-state index in [1.807, 2.05) is 32.0 Å². The zero-order valence-corrected chi connectivity index (χ0v) is 28.8. The smallest absolute Gasteiger partial charge is 0.408 e. The maximum atomic E-state index is 14.0. The SMILES string of the molecule is COc1ccc(C[C@@H](C(=O)NCC(N)=O)N(C)C(=O)[C@@H]2CCCN2C(=O)[C@H](CC(C)C)NC(=O)[C@@H](C)NC(=O)OCc2ccccc2)cc1. The van der Waals surface area contributed by atoms with Gasteiger partial charge in [-0.3, -0.25) is 24.0 Å². The first-order chi connectivity index (χ1) is 23.3. The van der Waals surface area contributed by atoms with Crippen molar-refractivity contribution in [3.8, 4) is 5.75 Å². The van der Waals surface area contributed by atoms with Crippen LogP contribution in [0.1, 0.15) is 51.2 Å². The molecule has 0 unspecified atom stereocenters. The number of hydrogen-bond acceptors (Lipinski definition) is 8. The largest absolute Gasteiger partial charge is 0.497 e. The molecule has 1 aliphatic rings. The molecule has 49 heavy (non-hydrogen) atoms. The van der Waals surface area contributed by atoms with Crippen molar-refractivity contribution in [1.29, 1.82) is 0 Å². The summed E-state index contributed by atoms with van der Waals surface area (Å²) in [5, 5.41) is 7.74. The highest BCUT2D eigenvalue weighted by molar-refractivity contribution is 5.96. The van der Waals surface area contributed by atoms with Crippen LogP contribution in [0.5, 0.6) is 5.75 Å². The molecule has 2 aromatic rings. The summed E-state index contributed by atoms with van der Waals surface area (Å²) in [6, 6.07) is 12.2. The lowest BCUT2D eigenvalue weighted by molar-refractivity contribution is -0.148. The van der Waals surface area contributed by atoms with Crippen molar-refractivity contribution in [3.63, 3.8) is 0 Å². The number of likely N-dealkylation sites (N-methyl/N-ethyl adjacent to an activating group) is 1. The number of nitrogens with two attached hydrogens (primary N) is 1. The highest BCUT2D eigenvalue weighted by Crippen LogP contribution is 2.24. The Morgan fingerprint density at radius 2 is 1.61 bits per heavy atom. The van der Waals surface area contributed by atoms with Gasteiger partial charge in [0.15, 0.2) is 0 Å². The number of ether oxygens (including phenoxy) is 2. The predicted octanol–water partition coefficient (Wildman–Crippen LogP) is 1.50. The van der Waals surface area contributed by atoms with Gasteiger partial charge in [-0.05, 0) is 55.4 Å². The van der Waals surface area contributed by atoms with Gasteiger partial charge in [-0.2, -0.15) is 0 Å². The van der Waals surface area contributed by atoms with E-state index in [4.69, 9.17) is 15.2 Å². The van der Waals surface area contributed by atoms with Crippen molar-refractivity contribution in [1.82, 2.24) is 25.8 Å². The van der Waals surface area contributed by atoms with Gasteiger partial charge in [0.1, 0.15) is 36.5 Å². The molecule has 4 atom stereocenters. The van der Waals surface area contributed by atoms with E-state index in [9.17, 15) is 28.8 Å². The summed E-state index contributed by atoms with van der Waals surface area (Å²) in [5.74, 6) is -2.14. The second-order valence-corrected chi connectivity index (χ2v) is 12.5. The Morgan fingerprint density at radius 3 is 2.22 bits per heavy atom. The van der Waals surface area contributed by atoms with E-state index in [0.717, 1.165) is 11.1 Å². The van der Waals surface area contributed by atoms with Crippen LogP contribution in [0, 0.1) is 5.92 Å². The first-order valence-corrected chi connectivity index (χ1v) is 16.3. The Balaban J connectivity index is 1.71. The molecule has 0 aliphatic carbocycles. The molecule has 1 aliphatic heterocycles. The number of carbonyl (C=O) groups is 6. The fourth-order valence-corrected chi connectivity index (χ4v) is 5.56. The molecule has 2 aromatic carbocycles. The molecule has 0 bridgehead atoms. The molecule has 266 valence electrons. The zero-order chi connectivity index (χ0) is 36.1. The molecule has 3 rings (SSSR count). The topological polar surface area (TPSA) is 189 Å². The fourth-order valence-electron chi connectivity index (χ4n) is 5.56. The minimum Gasteiger partial charge on any atom is -0.497 e. The summed E-state index contributed by atoms with van der Waals surface area (Å²) < 4.78 is 10.4. The summed E-state index contributed by atoms with van der Waals surface area (Å²) >= 11 is 0. The zero-order valence-electron chi connectivity index (χ0n) is 28.8. The van der Waals surface area contributed by atoms with Gasteiger partial charge in [-0.1, -0.05) is 56.3 Å². The fraction of sp³-hybridized carbons (Fsp3) is 0.486. The molecule has 1 fully saturated rings. The number of likely N-dealkylation sites (tertiary alicyclic amines) is 1. The van der Waals surface area contributed by atoms with Crippen molar-refractivity contribution >= 4 is 35.6 Å². The lowest BCUT2D eigenvalue weighted by Gasteiger charge is -2.34. The van der Waals surface area contributed by atoms with Gasteiger partial charge >= 0.3 is 6.09 Å². The molecule has 6 amide bonds. The number of alkyl carbamates (subject to hydrolysis) is 1. The minimum atomic E-state index is -1.02. The van der Waals surface area contributed by atoms with Crippen LogP contribution in [-0.4, -0.2) is 96.8 Å². The van der Waals surface area contributed by atoms with Gasteiger partial charge < -0.3 is 41.0 Å². The third-order valence-electron chi connectivity index (χ3n) is 8.23. The minimum absolute atomic E-state index is 0.00982. The van der Waals surface area contributed by atoms with Crippen molar-refractivity contribution in [2.75, 3.05) is 27.2 Å². The van der Waals surface area contributed by atoms with Crippen molar-refractivity contribution in [3.05, 3.63) is 65.7 Å². The third kappa shape index (κ3) is 11.5. The average molecular weight is 681 g/mol. The van der Waals surface area contributed by atoms with Crippen LogP contribution in [0.15, 0.2) is 54.6 Å². The normalized spacial score (nSPS) is 15.8. The lowest BCUT2D eigenvalue weighted by Crippen LogP contribution is -2.58. The predicted molar refractivity (Wildman–Crippen MR) is 181 cm³/mol. The number of benzene rings is 2. The Labute approximate surface area is 287 Å². The lowest BCUT2D eigenvalue weighted by atomic mass is 10.0. The molecule has 0 spiro atoms. The van der Waals surface area contributed by atoms with Gasteiger partial charge in [0.25, 0.3) is 0 Å². The van der Waals surface area contributed by atoms with Crippen LogP contribution in [0.2, 0.25) is 0 Å². The number of hydrogen-bond donors (Lipinski definition) is 4. The number of amides is 6. The maximum Gasteiger partial charge on any atom is 0.408 e. The second-order valence-electron chi connectivity index (χ2n) is 12.5. The molecule has 0 saturated carbocycles. The summed E-state index contributed by atoms with van der Waals surface area (Å²) in [4.78, 5) is 80.9.